The summed E-state index contributed by atoms with van der Waals surface area (Å²) in [5.74, 6) is 0. The fourth-order valence-electron chi connectivity index (χ4n) is 4.39. The van der Waals surface area contributed by atoms with Crippen LogP contribution in [0.5, 0.6) is 0 Å². The van der Waals surface area contributed by atoms with Gasteiger partial charge in [0.15, 0.2) is 10.9 Å². The largest absolute Gasteiger partial charge is 0.449 e. The molecule has 0 aliphatic heterocycles. The zero-order chi connectivity index (χ0) is 21.7. The van der Waals surface area contributed by atoms with E-state index in [1.807, 2.05) is 29.7 Å². The van der Waals surface area contributed by atoms with Crippen LogP contribution in [0.4, 0.5) is 4.79 Å². The molecule has 0 N–H and O–H groups in total. The van der Waals surface area contributed by atoms with E-state index in [9.17, 15) is 14.4 Å². The van der Waals surface area contributed by atoms with Gasteiger partial charge in [-0.1, -0.05) is 24.3 Å². The van der Waals surface area contributed by atoms with Crippen LogP contribution in [0, 0.1) is 0 Å². The van der Waals surface area contributed by atoms with Crippen molar-refractivity contribution in [2.75, 3.05) is 6.61 Å². The molecule has 5 rings (SSSR count). The molecule has 2 aromatic heterocycles. The molecule has 0 amide bonds. The Morgan fingerprint density at radius 1 is 0.742 bits per heavy atom. The number of aromatic nitrogens is 2. The van der Waals surface area contributed by atoms with E-state index in [1.54, 1.807) is 49.4 Å². The van der Waals surface area contributed by atoms with E-state index >= 15 is 0 Å². The summed E-state index contributed by atoms with van der Waals surface area (Å²) in [6.07, 6.45) is -0.584. The molecule has 154 valence electrons. The molecule has 5 aromatic rings. The number of fused-ring (bicyclic) bond motifs is 4. The number of carbonyl (C=O) groups excluding carboxylic acids is 1. The minimum absolute atomic E-state index is 0.131. The number of nitrogens with zero attached hydrogens (tertiary/aromatic N) is 2. The van der Waals surface area contributed by atoms with Gasteiger partial charge in [0.2, 0.25) is 0 Å². The Balaban J connectivity index is 2.08. The van der Waals surface area contributed by atoms with E-state index in [2.05, 4.69) is 0 Å². The third kappa shape index (κ3) is 2.68. The summed E-state index contributed by atoms with van der Waals surface area (Å²) < 4.78 is 8.69. The van der Waals surface area contributed by atoms with Crippen LogP contribution in [0.2, 0.25) is 0 Å². The number of aryl methyl sites for hydroxylation is 1. The maximum Gasteiger partial charge on any atom is 0.418 e. The van der Waals surface area contributed by atoms with Gasteiger partial charge < -0.3 is 9.30 Å². The third-order valence-corrected chi connectivity index (χ3v) is 5.73. The average molecular weight is 412 g/mol. The standard InChI is InChI=1S/C25H20N2O4/c1-3-26-19-11-7-5-9-15(19)23(28)17-14-22-18(13-21(17)26)24(29)16-10-6-8-12-20(16)27(22)25(30)31-4-2/h5-14H,3-4H2,1-2H3. The van der Waals surface area contributed by atoms with Gasteiger partial charge in [-0.05, 0) is 50.2 Å². The summed E-state index contributed by atoms with van der Waals surface area (Å²) in [4.78, 5) is 39.6. The summed E-state index contributed by atoms with van der Waals surface area (Å²) >= 11 is 0. The molecule has 0 spiro atoms. The lowest BCUT2D eigenvalue weighted by Crippen LogP contribution is -2.20. The molecule has 31 heavy (non-hydrogen) atoms. The first-order valence-electron chi connectivity index (χ1n) is 10.3. The van der Waals surface area contributed by atoms with Gasteiger partial charge in [-0.15, -0.1) is 0 Å². The first-order chi connectivity index (χ1) is 15.1. The summed E-state index contributed by atoms with van der Waals surface area (Å²) in [6, 6.07) is 17.7. The second-order valence-corrected chi connectivity index (χ2v) is 7.36. The van der Waals surface area contributed by atoms with Gasteiger partial charge in [0.25, 0.3) is 0 Å². The molecular formula is C25H20N2O4. The SMILES string of the molecule is CCOC(=O)n1c2ccccc2c(=O)c2cc3c(cc21)c(=O)c1ccccc1n3CC. The maximum atomic E-state index is 13.4. The van der Waals surface area contributed by atoms with Crippen LogP contribution in [0.3, 0.4) is 0 Å². The number of hydrogen-bond acceptors (Lipinski definition) is 4. The van der Waals surface area contributed by atoms with Crippen LogP contribution in [-0.4, -0.2) is 21.8 Å². The zero-order valence-corrected chi connectivity index (χ0v) is 17.2. The van der Waals surface area contributed by atoms with Gasteiger partial charge in [-0.25, -0.2) is 9.36 Å². The highest BCUT2D eigenvalue weighted by Gasteiger charge is 2.19. The average Bonchev–Trinajstić information content (AvgIpc) is 2.79. The lowest BCUT2D eigenvalue weighted by Gasteiger charge is -2.17. The van der Waals surface area contributed by atoms with Crippen LogP contribution in [0.15, 0.2) is 70.3 Å². The first-order valence-corrected chi connectivity index (χ1v) is 10.3. The van der Waals surface area contributed by atoms with Crippen molar-refractivity contribution >= 4 is 49.7 Å². The van der Waals surface area contributed by atoms with Crippen LogP contribution in [0.1, 0.15) is 13.8 Å². The lowest BCUT2D eigenvalue weighted by atomic mass is 10.0. The van der Waals surface area contributed by atoms with E-state index in [1.165, 1.54) is 4.57 Å². The predicted molar refractivity (Wildman–Crippen MR) is 123 cm³/mol. The van der Waals surface area contributed by atoms with E-state index in [-0.39, 0.29) is 17.5 Å². The van der Waals surface area contributed by atoms with Gasteiger partial charge in [0.1, 0.15) is 0 Å². The maximum absolute atomic E-state index is 13.4. The molecule has 0 saturated heterocycles. The molecule has 0 aliphatic rings. The monoisotopic (exact) mass is 412 g/mol. The number of pyridine rings is 2. The molecule has 0 bridgehead atoms. The topological polar surface area (TPSA) is 70.3 Å². The van der Waals surface area contributed by atoms with Crippen LogP contribution >= 0.6 is 0 Å². The Kier molecular flexibility index (Phi) is 4.36. The van der Waals surface area contributed by atoms with Crippen LogP contribution in [0.25, 0.3) is 43.6 Å². The van der Waals surface area contributed by atoms with E-state index < -0.39 is 6.09 Å². The molecule has 0 aliphatic carbocycles. The second-order valence-electron chi connectivity index (χ2n) is 7.36. The Morgan fingerprint density at radius 2 is 1.29 bits per heavy atom. The molecule has 0 radical (unpaired) electrons. The summed E-state index contributed by atoms with van der Waals surface area (Å²) in [5.41, 5.74) is 1.98. The van der Waals surface area contributed by atoms with Crippen molar-refractivity contribution in [2.45, 2.75) is 20.4 Å². The Hall–Kier alpha value is -3.93. The van der Waals surface area contributed by atoms with E-state index in [4.69, 9.17) is 4.74 Å². The summed E-state index contributed by atoms with van der Waals surface area (Å²) in [6.45, 7) is 4.55. The molecule has 6 heteroatoms. The van der Waals surface area contributed by atoms with Crippen molar-refractivity contribution in [1.29, 1.82) is 0 Å². The van der Waals surface area contributed by atoms with Crippen molar-refractivity contribution < 1.29 is 9.53 Å². The number of para-hydroxylation sites is 2. The number of benzene rings is 3. The van der Waals surface area contributed by atoms with Crippen molar-refractivity contribution in [3.63, 3.8) is 0 Å². The molecular weight excluding hydrogens is 392 g/mol. The Morgan fingerprint density at radius 3 is 1.94 bits per heavy atom. The van der Waals surface area contributed by atoms with Crippen molar-refractivity contribution in [3.05, 3.63) is 81.1 Å². The summed E-state index contributed by atoms with van der Waals surface area (Å²) in [7, 11) is 0. The van der Waals surface area contributed by atoms with Gasteiger partial charge in [0.05, 0.1) is 28.7 Å². The van der Waals surface area contributed by atoms with Gasteiger partial charge >= 0.3 is 6.09 Å². The molecule has 3 aromatic carbocycles. The molecule has 0 fully saturated rings. The minimum Gasteiger partial charge on any atom is -0.449 e. The van der Waals surface area contributed by atoms with Crippen LogP contribution in [-0.2, 0) is 11.3 Å². The van der Waals surface area contributed by atoms with E-state index in [0.717, 1.165) is 5.52 Å². The van der Waals surface area contributed by atoms with Crippen molar-refractivity contribution in [2.24, 2.45) is 0 Å². The fraction of sp³-hybridized carbons (Fsp3) is 0.160. The molecule has 2 heterocycles. The lowest BCUT2D eigenvalue weighted by molar-refractivity contribution is 0.156. The fourth-order valence-corrected chi connectivity index (χ4v) is 4.39. The van der Waals surface area contributed by atoms with Crippen LogP contribution < -0.4 is 10.9 Å². The van der Waals surface area contributed by atoms with Crippen molar-refractivity contribution in [1.82, 2.24) is 9.13 Å². The molecule has 0 unspecified atom stereocenters. The second kappa shape index (κ2) is 7.09. The van der Waals surface area contributed by atoms with Crippen molar-refractivity contribution in [3.8, 4) is 0 Å². The number of rotatable bonds is 2. The minimum atomic E-state index is -0.584. The predicted octanol–water partition coefficient (Wildman–Crippen LogP) is 4.65. The molecule has 6 nitrogen and oxygen atoms in total. The highest BCUT2D eigenvalue weighted by molar-refractivity contribution is 6.07. The zero-order valence-electron chi connectivity index (χ0n) is 17.2. The highest BCUT2D eigenvalue weighted by atomic mass is 16.5. The first kappa shape index (κ1) is 19.1. The normalized spacial score (nSPS) is 11.5. The van der Waals surface area contributed by atoms with E-state index in [0.29, 0.717) is 44.6 Å². The van der Waals surface area contributed by atoms with Gasteiger partial charge in [0, 0.05) is 28.1 Å². The molecule has 0 atom stereocenters. The van der Waals surface area contributed by atoms with Gasteiger partial charge in [-0.2, -0.15) is 0 Å². The quantitative estimate of drug-likeness (QED) is 0.396. The smallest absolute Gasteiger partial charge is 0.418 e. The summed E-state index contributed by atoms with van der Waals surface area (Å²) in [5, 5.41) is 1.85. The number of ether oxygens (including phenoxy) is 1. The molecule has 0 saturated carbocycles. The number of hydrogen-bond donors (Lipinski definition) is 0. The Labute approximate surface area is 176 Å². The highest BCUT2D eigenvalue weighted by Crippen LogP contribution is 2.26. The number of carbonyl (C=O) groups is 1. The van der Waals surface area contributed by atoms with Gasteiger partial charge in [-0.3, -0.25) is 9.59 Å². The Bertz CT molecular complexity index is 1640. The third-order valence-electron chi connectivity index (χ3n) is 5.73.